The van der Waals surface area contributed by atoms with Gasteiger partial charge in [0.25, 0.3) is 5.88 Å². The molecule has 0 bridgehead atoms. The monoisotopic (exact) mass is 208 g/mol. The molecule has 0 amide bonds. The lowest BCUT2D eigenvalue weighted by Gasteiger charge is -2.21. The van der Waals surface area contributed by atoms with Gasteiger partial charge in [0, 0.05) is 32.0 Å². The van der Waals surface area contributed by atoms with Crippen molar-refractivity contribution in [2.75, 3.05) is 38.2 Å². The number of ether oxygens (including phenoxy) is 1. The minimum atomic E-state index is 0.611. The second-order valence-electron chi connectivity index (χ2n) is 3.48. The smallest absolute Gasteiger partial charge is 0.257 e. The van der Waals surface area contributed by atoms with Crippen molar-refractivity contribution in [3.63, 3.8) is 0 Å². The van der Waals surface area contributed by atoms with Gasteiger partial charge in [-0.15, -0.1) is 0 Å². The van der Waals surface area contributed by atoms with Gasteiger partial charge in [0.1, 0.15) is 0 Å². The van der Waals surface area contributed by atoms with Crippen LogP contribution in [-0.4, -0.2) is 43.3 Å². The van der Waals surface area contributed by atoms with E-state index in [-0.39, 0.29) is 0 Å². The molecule has 1 N–H and O–H groups in total. The first-order chi connectivity index (χ1) is 7.42. The quantitative estimate of drug-likeness (QED) is 0.756. The molecule has 5 heteroatoms. The van der Waals surface area contributed by atoms with Gasteiger partial charge in [-0.05, 0) is 13.0 Å². The van der Waals surface area contributed by atoms with Crippen LogP contribution in [0.4, 0.5) is 5.82 Å². The summed E-state index contributed by atoms with van der Waals surface area (Å²) < 4.78 is 5.20. The van der Waals surface area contributed by atoms with E-state index in [1.807, 2.05) is 0 Å². The Hall–Kier alpha value is -1.36. The molecule has 1 saturated heterocycles. The molecule has 0 unspecified atom stereocenters. The van der Waals surface area contributed by atoms with E-state index in [0.29, 0.717) is 5.88 Å². The minimum absolute atomic E-state index is 0.611. The summed E-state index contributed by atoms with van der Waals surface area (Å²) in [6.45, 7) is 4.01. The van der Waals surface area contributed by atoms with Gasteiger partial charge in [-0.25, -0.2) is 9.97 Å². The molecule has 1 aliphatic rings. The molecule has 0 atom stereocenters. The fraction of sp³-hybridized carbons (Fsp3) is 0.600. The number of hydrogen-bond acceptors (Lipinski definition) is 5. The Morgan fingerprint density at radius 2 is 2.13 bits per heavy atom. The Bertz CT molecular complexity index is 310. The maximum absolute atomic E-state index is 5.20. The van der Waals surface area contributed by atoms with Crippen LogP contribution in [0.5, 0.6) is 5.88 Å². The molecule has 82 valence electrons. The highest BCUT2D eigenvalue weighted by atomic mass is 16.5. The van der Waals surface area contributed by atoms with Crippen LogP contribution in [0.1, 0.15) is 6.42 Å². The number of methoxy groups -OCH3 is 1. The molecule has 1 aromatic heterocycles. The van der Waals surface area contributed by atoms with Crippen molar-refractivity contribution in [3.8, 4) is 5.88 Å². The Morgan fingerprint density at radius 1 is 1.27 bits per heavy atom. The van der Waals surface area contributed by atoms with Crippen molar-refractivity contribution in [3.05, 3.63) is 12.4 Å². The summed E-state index contributed by atoms with van der Waals surface area (Å²) >= 11 is 0. The second kappa shape index (κ2) is 4.93. The standard InChI is InChI=1S/C10H16N4O/c1-15-10-9(12-4-5-13-10)14-7-2-3-11-6-8-14/h4-5,11H,2-3,6-8H2,1H3. The average molecular weight is 208 g/mol. The van der Waals surface area contributed by atoms with Crippen LogP contribution < -0.4 is 15.0 Å². The minimum Gasteiger partial charge on any atom is -0.478 e. The fourth-order valence-electron chi connectivity index (χ4n) is 1.74. The number of hydrogen-bond donors (Lipinski definition) is 1. The molecule has 0 radical (unpaired) electrons. The Morgan fingerprint density at radius 3 is 3.00 bits per heavy atom. The molecule has 1 aromatic rings. The largest absolute Gasteiger partial charge is 0.478 e. The summed E-state index contributed by atoms with van der Waals surface area (Å²) in [6.07, 6.45) is 4.48. The number of nitrogens with one attached hydrogen (secondary N) is 1. The van der Waals surface area contributed by atoms with E-state index in [0.717, 1.165) is 38.4 Å². The lowest BCUT2D eigenvalue weighted by Crippen LogP contribution is -2.29. The van der Waals surface area contributed by atoms with Crippen LogP contribution in [0.2, 0.25) is 0 Å². The van der Waals surface area contributed by atoms with E-state index in [1.54, 1.807) is 19.5 Å². The van der Waals surface area contributed by atoms with Gasteiger partial charge in [0.05, 0.1) is 7.11 Å². The first-order valence-electron chi connectivity index (χ1n) is 5.22. The van der Waals surface area contributed by atoms with Crippen molar-refractivity contribution in [1.29, 1.82) is 0 Å². The molecule has 5 nitrogen and oxygen atoms in total. The fourth-order valence-corrected chi connectivity index (χ4v) is 1.74. The van der Waals surface area contributed by atoms with E-state index in [4.69, 9.17) is 4.74 Å². The summed E-state index contributed by atoms with van der Waals surface area (Å²) in [4.78, 5) is 10.7. The van der Waals surface area contributed by atoms with Crippen molar-refractivity contribution in [1.82, 2.24) is 15.3 Å². The van der Waals surface area contributed by atoms with Gasteiger partial charge in [-0.2, -0.15) is 0 Å². The third-order valence-electron chi connectivity index (χ3n) is 2.48. The van der Waals surface area contributed by atoms with Gasteiger partial charge in [-0.1, -0.05) is 0 Å². The van der Waals surface area contributed by atoms with Gasteiger partial charge in [0.15, 0.2) is 5.82 Å². The second-order valence-corrected chi connectivity index (χ2v) is 3.48. The molecule has 0 saturated carbocycles. The Balaban J connectivity index is 2.18. The Labute approximate surface area is 89.5 Å². The van der Waals surface area contributed by atoms with Crippen LogP contribution in [-0.2, 0) is 0 Å². The lowest BCUT2D eigenvalue weighted by molar-refractivity contribution is 0.395. The van der Waals surface area contributed by atoms with Crippen LogP contribution in [0.3, 0.4) is 0 Å². The van der Waals surface area contributed by atoms with Gasteiger partial charge >= 0.3 is 0 Å². The van der Waals surface area contributed by atoms with Gasteiger partial charge in [0.2, 0.25) is 0 Å². The Kier molecular flexibility index (Phi) is 3.34. The molecule has 0 aliphatic carbocycles. The van der Waals surface area contributed by atoms with Crippen LogP contribution in [0, 0.1) is 0 Å². The van der Waals surface area contributed by atoms with Gasteiger partial charge in [-0.3, -0.25) is 0 Å². The lowest BCUT2D eigenvalue weighted by atomic mass is 10.4. The zero-order valence-corrected chi connectivity index (χ0v) is 8.94. The van der Waals surface area contributed by atoms with Crippen molar-refractivity contribution >= 4 is 5.82 Å². The maximum Gasteiger partial charge on any atom is 0.257 e. The molecular weight excluding hydrogens is 192 g/mol. The van der Waals surface area contributed by atoms with Crippen LogP contribution in [0.25, 0.3) is 0 Å². The number of nitrogens with zero attached hydrogens (tertiary/aromatic N) is 3. The van der Waals surface area contributed by atoms with E-state index in [9.17, 15) is 0 Å². The van der Waals surface area contributed by atoms with Crippen LogP contribution >= 0.6 is 0 Å². The maximum atomic E-state index is 5.20. The highest BCUT2D eigenvalue weighted by Gasteiger charge is 2.15. The highest BCUT2D eigenvalue weighted by molar-refractivity contribution is 5.47. The summed E-state index contributed by atoms with van der Waals surface area (Å²) in [6, 6.07) is 0. The van der Waals surface area contributed by atoms with E-state index in [1.165, 1.54) is 0 Å². The topological polar surface area (TPSA) is 50.3 Å². The van der Waals surface area contributed by atoms with E-state index >= 15 is 0 Å². The average Bonchev–Trinajstić information content (AvgIpc) is 2.57. The third-order valence-corrected chi connectivity index (χ3v) is 2.48. The number of rotatable bonds is 2. The van der Waals surface area contributed by atoms with Crippen molar-refractivity contribution in [2.24, 2.45) is 0 Å². The molecular formula is C10H16N4O. The third kappa shape index (κ3) is 2.36. The zero-order valence-electron chi connectivity index (χ0n) is 8.94. The number of aromatic nitrogens is 2. The van der Waals surface area contributed by atoms with Gasteiger partial charge < -0.3 is 15.0 Å². The van der Waals surface area contributed by atoms with Crippen LogP contribution in [0.15, 0.2) is 12.4 Å². The predicted molar refractivity (Wildman–Crippen MR) is 58.3 cm³/mol. The molecule has 2 heterocycles. The number of anilines is 1. The highest BCUT2D eigenvalue weighted by Crippen LogP contribution is 2.22. The van der Waals surface area contributed by atoms with Crippen molar-refractivity contribution < 1.29 is 4.74 Å². The van der Waals surface area contributed by atoms with E-state index in [2.05, 4.69) is 20.2 Å². The summed E-state index contributed by atoms with van der Waals surface area (Å²) in [5.74, 6) is 1.46. The molecule has 15 heavy (non-hydrogen) atoms. The summed E-state index contributed by atoms with van der Waals surface area (Å²) in [7, 11) is 1.63. The zero-order chi connectivity index (χ0) is 10.5. The SMILES string of the molecule is COc1nccnc1N1CCCNCC1. The summed E-state index contributed by atoms with van der Waals surface area (Å²) in [5, 5.41) is 3.35. The first kappa shape index (κ1) is 10.2. The van der Waals surface area contributed by atoms with E-state index < -0.39 is 0 Å². The molecule has 1 aliphatic heterocycles. The molecule has 0 aromatic carbocycles. The summed E-state index contributed by atoms with van der Waals surface area (Å²) in [5.41, 5.74) is 0. The molecule has 2 rings (SSSR count). The molecule has 0 spiro atoms. The first-order valence-corrected chi connectivity index (χ1v) is 5.22. The normalized spacial score (nSPS) is 17.3. The van der Waals surface area contributed by atoms with Crippen molar-refractivity contribution in [2.45, 2.75) is 6.42 Å². The molecule has 1 fully saturated rings. The predicted octanol–water partition coefficient (Wildman–Crippen LogP) is 0.285.